The number of carbonyl (C=O) groups is 2. The van der Waals surface area contributed by atoms with Crippen molar-refractivity contribution in [2.24, 2.45) is 0 Å². The Morgan fingerprint density at radius 1 is 1.29 bits per heavy atom. The summed E-state index contributed by atoms with van der Waals surface area (Å²) < 4.78 is 0. The molecule has 0 aliphatic rings. The molecule has 5 heteroatoms. The van der Waals surface area contributed by atoms with E-state index in [0.717, 1.165) is 0 Å². The number of aliphatic carboxylic acids is 1. The molecule has 0 saturated heterocycles. The number of hydrogen-bond acceptors (Lipinski definition) is 3. The summed E-state index contributed by atoms with van der Waals surface area (Å²) in [4.78, 5) is 21.5. The predicted molar refractivity (Wildman–Crippen MR) is 53.0 cm³/mol. The molecule has 0 radical (unpaired) electrons. The van der Waals surface area contributed by atoms with Gasteiger partial charge in [-0.3, -0.25) is 9.59 Å². The van der Waals surface area contributed by atoms with Crippen molar-refractivity contribution in [2.45, 2.75) is 39.3 Å². The molecular weight excluding hydrogens is 184 g/mol. The first-order chi connectivity index (χ1) is 6.43. The van der Waals surface area contributed by atoms with E-state index in [1.807, 2.05) is 13.8 Å². The summed E-state index contributed by atoms with van der Waals surface area (Å²) in [5.41, 5.74) is 0. The van der Waals surface area contributed by atoms with Crippen molar-refractivity contribution in [3.63, 3.8) is 0 Å². The average Bonchev–Trinajstić information content (AvgIpc) is 2.01. The van der Waals surface area contributed by atoms with Crippen molar-refractivity contribution < 1.29 is 14.7 Å². The Balaban J connectivity index is 3.67. The summed E-state index contributed by atoms with van der Waals surface area (Å²) in [6.07, 6.45) is 0.0271. The third-order valence-electron chi connectivity index (χ3n) is 1.61. The van der Waals surface area contributed by atoms with Crippen molar-refractivity contribution >= 4 is 11.9 Å². The molecular formula is C9H18N2O3. The predicted octanol–water partition coefficient (Wildman–Crippen LogP) is -0.0362. The summed E-state index contributed by atoms with van der Waals surface area (Å²) in [5, 5.41) is 13.9. The molecule has 1 atom stereocenters. The normalized spacial score (nSPS) is 12.6. The number of carboxylic acid groups (broad SMARTS) is 1. The van der Waals surface area contributed by atoms with Crippen LogP contribution in [0.5, 0.6) is 0 Å². The van der Waals surface area contributed by atoms with E-state index in [9.17, 15) is 9.59 Å². The maximum atomic E-state index is 11.3. The van der Waals surface area contributed by atoms with Gasteiger partial charge >= 0.3 is 5.97 Å². The minimum Gasteiger partial charge on any atom is -0.481 e. The molecule has 0 heterocycles. The first-order valence-electron chi connectivity index (χ1n) is 4.69. The lowest BCUT2D eigenvalue weighted by molar-refractivity contribution is -0.137. The van der Waals surface area contributed by atoms with Gasteiger partial charge in [-0.25, -0.2) is 0 Å². The van der Waals surface area contributed by atoms with Crippen molar-refractivity contribution in [3.05, 3.63) is 0 Å². The Hall–Kier alpha value is -1.10. The van der Waals surface area contributed by atoms with Gasteiger partial charge in [0, 0.05) is 12.6 Å². The molecule has 1 unspecified atom stereocenters. The van der Waals surface area contributed by atoms with Crippen LogP contribution in [0, 0.1) is 0 Å². The van der Waals surface area contributed by atoms with Crippen molar-refractivity contribution in [2.75, 3.05) is 6.54 Å². The molecule has 0 bridgehead atoms. The van der Waals surface area contributed by atoms with Gasteiger partial charge in [0.25, 0.3) is 0 Å². The number of amides is 1. The van der Waals surface area contributed by atoms with Crippen LogP contribution in [0.25, 0.3) is 0 Å². The van der Waals surface area contributed by atoms with Crippen molar-refractivity contribution in [1.29, 1.82) is 0 Å². The Morgan fingerprint density at radius 3 is 2.29 bits per heavy atom. The lowest BCUT2D eigenvalue weighted by Crippen LogP contribution is -2.45. The second kappa shape index (κ2) is 6.37. The summed E-state index contributed by atoms with van der Waals surface area (Å²) >= 11 is 0. The van der Waals surface area contributed by atoms with E-state index in [-0.39, 0.29) is 24.4 Å². The molecule has 5 nitrogen and oxygen atoms in total. The van der Waals surface area contributed by atoms with Crippen LogP contribution in [0.1, 0.15) is 27.2 Å². The van der Waals surface area contributed by atoms with Crippen molar-refractivity contribution in [3.8, 4) is 0 Å². The van der Waals surface area contributed by atoms with Gasteiger partial charge < -0.3 is 15.7 Å². The van der Waals surface area contributed by atoms with Gasteiger partial charge in [0.1, 0.15) is 0 Å². The highest BCUT2D eigenvalue weighted by atomic mass is 16.4. The van der Waals surface area contributed by atoms with Crippen LogP contribution < -0.4 is 10.6 Å². The van der Waals surface area contributed by atoms with Crippen LogP contribution in [0.15, 0.2) is 0 Å². The molecule has 0 rings (SSSR count). The third kappa shape index (κ3) is 6.42. The SMILES string of the molecule is CC(C)NC(=O)C(C)NCCC(=O)O. The van der Waals surface area contributed by atoms with Gasteiger partial charge in [-0.15, -0.1) is 0 Å². The van der Waals surface area contributed by atoms with Crippen LogP contribution >= 0.6 is 0 Å². The number of carboxylic acids is 1. The van der Waals surface area contributed by atoms with Gasteiger partial charge in [0.2, 0.25) is 5.91 Å². The number of hydrogen-bond donors (Lipinski definition) is 3. The number of carbonyl (C=O) groups excluding carboxylic acids is 1. The molecule has 1 amide bonds. The first-order valence-corrected chi connectivity index (χ1v) is 4.69. The zero-order valence-electron chi connectivity index (χ0n) is 8.83. The van der Waals surface area contributed by atoms with Crippen LogP contribution in [-0.4, -0.2) is 35.6 Å². The zero-order valence-corrected chi connectivity index (χ0v) is 8.83. The van der Waals surface area contributed by atoms with Gasteiger partial charge in [-0.1, -0.05) is 0 Å². The average molecular weight is 202 g/mol. The molecule has 0 aromatic rings. The standard InChI is InChI=1S/C9H18N2O3/c1-6(2)11-9(14)7(3)10-5-4-8(12)13/h6-7,10H,4-5H2,1-3H3,(H,11,14)(H,12,13). The second-order valence-electron chi connectivity index (χ2n) is 3.48. The highest BCUT2D eigenvalue weighted by Gasteiger charge is 2.12. The van der Waals surface area contributed by atoms with Gasteiger partial charge in [-0.05, 0) is 20.8 Å². The third-order valence-corrected chi connectivity index (χ3v) is 1.61. The Morgan fingerprint density at radius 2 is 1.86 bits per heavy atom. The fourth-order valence-corrected chi connectivity index (χ4v) is 0.898. The molecule has 0 aromatic heterocycles. The highest BCUT2D eigenvalue weighted by Crippen LogP contribution is 1.86. The fourth-order valence-electron chi connectivity index (χ4n) is 0.898. The van der Waals surface area contributed by atoms with E-state index in [4.69, 9.17) is 5.11 Å². The molecule has 82 valence electrons. The van der Waals surface area contributed by atoms with E-state index in [2.05, 4.69) is 10.6 Å². The minimum absolute atomic E-state index is 0.0271. The van der Waals surface area contributed by atoms with Crippen LogP contribution in [0.4, 0.5) is 0 Å². The largest absolute Gasteiger partial charge is 0.481 e. The molecule has 0 aliphatic heterocycles. The summed E-state index contributed by atoms with van der Waals surface area (Å²) in [6.45, 7) is 5.77. The second-order valence-corrected chi connectivity index (χ2v) is 3.48. The van der Waals surface area contributed by atoms with Crippen LogP contribution in [-0.2, 0) is 9.59 Å². The van der Waals surface area contributed by atoms with E-state index in [1.165, 1.54) is 0 Å². The van der Waals surface area contributed by atoms with Gasteiger partial charge in [0.05, 0.1) is 12.5 Å². The summed E-state index contributed by atoms with van der Waals surface area (Å²) in [5.74, 6) is -0.973. The number of rotatable bonds is 6. The molecule has 0 aromatic carbocycles. The molecule has 0 spiro atoms. The minimum atomic E-state index is -0.867. The Labute approximate surface area is 83.9 Å². The van der Waals surface area contributed by atoms with Crippen molar-refractivity contribution in [1.82, 2.24) is 10.6 Å². The Kier molecular flexibility index (Phi) is 5.87. The zero-order chi connectivity index (χ0) is 11.1. The molecule has 14 heavy (non-hydrogen) atoms. The van der Waals surface area contributed by atoms with E-state index in [1.54, 1.807) is 6.92 Å². The fraction of sp³-hybridized carbons (Fsp3) is 0.778. The maximum Gasteiger partial charge on any atom is 0.304 e. The Bertz CT molecular complexity index is 204. The molecule has 3 N–H and O–H groups in total. The van der Waals surface area contributed by atoms with E-state index >= 15 is 0 Å². The quantitative estimate of drug-likeness (QED) is 0.565. The monoisotopic (exact) mass is 202 g/mol. The first kappa shape index (κ1) is 12.9. The molecule has 0 aliphatic carbocycles. The van der Waals surface area contributed by atoms with Gasteiger partial charge in [0.15, 0.2) is 0 Å². The maximum absolute atomic E-state index is 11.3. The van der Waals surface area contributed by atoms with E-state index in [0.29, 0.717) is 6.54 Å². The van der Waals surface area contributed by atoms with Gasteiger partial charge in [-0.2, -0.15) is 0 Å². The smallest absolute Gasteiger partial charge is 0.304 e. The highest BCUT2D eigenvalue weighted by molar-refractivity contribution is 5.81. The molecule has 0 fully saturated rings. The summed E-state index contributed by atoms with van der Waals surface area (Å²) in [7, 11) is 0. The lowest BCUT2D eigenvalue weighted by Gasteiger charge is -2.15. The topological polar surface area (TPSA) is 78.4 Å². The lowest BCUT2D eigenvalue weighted by atomic mass is 10.2. The van der Waals surface area contributed by atoms with Crippen LogP contribution in [0.3, 0.4) is 0 Å². The van der Waals surface area contributed by atoms with Crippen LogP contribution in [0.2, 0.25) is 0 Å². The van der Waals surface area contributed by atoms with E-state index < -0.39 is 5.97 Å². The number of nitrogens with one attached hydrogen (secondary N) is 2. The summed E-state index contributed by atoms with van der Waals surface area (Å²) in [6, 6.07) is -0.247. The molecule has 0 saturated carbocycles.